The number of rotatable bonds is 4. The van der Waals surface area contributed by atoms with Crippen molar-refractivity contribution in [3.8, 4) is 5.75 Å². The van der Waals surface area contributed by atoms with Gasteiger partial charge in [0.05, 0.1) is 7.11 Å². The van der Waals surface area contributed by atoms with Gasteiger partial charge in [-0.25, -0.2) is 0 Å². The van der Waals surface area contributed by atoms with E-state index in [4.69, 9.17) is 4.74 Å². The van der Waals surface area contributed by atoms with E-state index in [9.17, 15) is 9.59 Å². The van der Waals surface area contributed by atoms with E-state index < -0.39 is 0 Å². The second kappa shape index (κ2) is 7.26. The number of piperazine rings is 1. The van der Waals surface area contributed by atoms with E-state index in [1.165, 1.54) is 0 Å². The Kier molecular flexibility index (Phi) is 4.43. The fourth-order valence-corrected chi connectivity index (χ4v) is 3.99. The maximum Gasteiger partial charge on any atom is 0.270 e. The molecule has 2 amide bonds. The number of carbonyl (C=O) groups is 2. The van der Waals surface area contributed by atoms with Crippen molar-refractivity contribution >= 4 is 33.6 Å². The summed E-state index contributed by atoms with van der Waals surface area (Å²) in [5.74, 6) is 0.534. The third kappa shape index (κ3) is 3.28. The quantitative estimate of drug-likeness (QED) is 0.550. The van der Waals surface area contributed by atoms with Crippen LogP contribution in [0.15, 0.2) is 54.7 Å². The molecule has 1 aliphatic rings. The number of hydrogen-bond acceptors (Lipinski definition) is 3. The molecule has 0 saturated carbocycles. The van der Waals surface area contributed by atoms with Crippen molar-refractivity contribution in [1.29, 1.82) is 0 Å². The third-order valence-electron chi connectivity index (χ3n) is 5.66. The summed E-state index contributed by atoms with van der Waals surface area (Å²) in [7, 11) is 1.61. The van der Waals surface area contributed by atoms with Crippen LogP contribution < -0.4 is 4.74 Å². The Labute approximate surface area is 173 Å². The average Bonchev–Trinajstić information content (AvgIpc) is 3.40. The summed E-state index contributed by atoms with van der Waals surface area (Å²) < 4.78 is 5.24. The van der Waals surface area contributed by atoms with Gasteiger partial charge in [0.2, 0.25) is 5.91 Å². The first-order valence-corrected chi connectivity index (χ1v) is 9.90. The molecule has 7 nitrogen and oxygen atoms in total. The number of ether oxygens (including phenoxy) is 1. The first kappa shape index (κ1) is 18.3. The van der Waals surface area contributed by atoms with E-state index in [0.29, 0.717) is 25.3 Å². The fraction of sp³-hybridized carbons (Fsp3) is 0.217. The molecule has 4 aromatic rings. The highest BCUT2D eigenvalue weighted by atomic mass is 16.5. The molecule has 7 heteroatoms. The smallest absolute Gasteiger partial charge is 0.270 e. The normalized spacial score (nSPS) is 14.6. The lowest BCUT2D eigenvalue weighted by atomic mass is 10.1. The van der Waals surface area contributed by atoms with Crippen LogP contribution in [-0.4, -0.2) is 58.3 Å². The van der Waals surface area contributed by atoms with Gasteiger partial charge in [-0.05, 0) is 47.3 Å². The van der Waals surface area contributed by atoms with Gasteiger partial charge in [0.25, 0.3) is 5.91 Å². The summed E-state index contributed by atoms with van der Waals surface area (Å²) in [6, 6.07) is 15.6. The highest BCUT2D eigenvalue weighted by Crippen LogP contribution is 2.23. The van der Waals surface area contributed by atoms with E-state index >= 15 is 0 Å². The van der Waals surface area contributed by atoms with Crippen LogP contribution in [0, 0.1) is 0 Å². The van der Waals surface area contributed by atoms with Crippen LogP contribution in [0.5, 0.6) is 5.75 Å². The van der Waals surface area contributed by atoms with E-state index in [0.717, 1.165) is 33.1 Å². The SMILES string of the molecule is COc1ccc2[nH]c(C(=O)N3CCN(Cc4ccc5cc[nH]c5c4)C(=O)C3)cc2c1. The molecule has 0 spiro atoms. The molecule has 2 N–H and O–H groups in total. The van der Waals surface area contributed by atoms with Crippen molar-refractivity contribution in [2.75, 3.05) is 26.7 Å². The molecule has 5 rings (SSSR count). The van der Waals surface area contributed by atoms with E-state index in [1.807, 2.05) is 47.5 Å². The molecule has 1 aliphatic heterocycles. The Balaban J connectivity index is 1.27. The van der Waals surface area contributed by atoms with Crippen molar-refractivity contribution < 1.29 is 14.3 Å². The van der Waals surface area contributed by atoms with Crippen molar-refractivity contribution in [3.05, 3.63) is 66.0 Å². The number of methoxy groups -OCH3 is 1. The molecule has 0 radical (unpaired) electrons. The minimum Gasteiger partial charge on any atom is -0.497 e. The van der Waals surface area contributed by atoms with Gasteiger partial charge in [0.15, 0.2) is 0 Å². The Hall–Kier alpha value is -3.74. The van der Waals surface area contributed by atoms with Crippen LogP contribution in [0.25, 0.3) is 21.8 Å². The molecule has 1 saturated heterocycles. The summed E-state index contributed by atoms with van der Waals surface area (Å²) >= 11 is 0. The number of benzene rings is 2. The Morgan fingerprint density at radius 3 is 2.77 bits per heavy atom. The molecule has 1 fully saturated rings. The zero-order chi connectivity index (χ0) is 20.7. The van der Waals surface area contributed by atoms with Gasteiger partial charge in [-0.2, -0.15) is 0 Å². The molecule has 3 heterocycles. The number of fused-ring (bicyclic) bond motifs is 2. The zero-order valence-electron chi connectivity index (χ0n) is 16.6. The minimum absolute atomic E-state index is 0.0426. The van der Waals surface area contributed by atoms with E-state index in [1.54, 1.807) is 12.0 Å². The van der Waals surface area contributed by atoms with Gasteiger partial charge in [-0.1, -0.05) is 12.1 Å². The highest BCUT2D eigenvalue weighted by Gasteiger charge is 2.28. The minimum atomic E-state index is -0.161. The molecule has 0 unspecified atom stereocenters. The molecule has 0 bridgehead atoms. The molecule has 0 atom stereocenters. The number of H-pyrrole nitrogens is 2. The summed E-state index contributed by atoms with van der Waals surface area (Å²) in [6.07, 6.45) is 1.91. The second-order valence-corrected chi connectivity index (χ2v) is 7.58. The molecule has 30 heavy (non-hydrogen) atoms. The lowest BCUT2D eigenvalue weighted by Crippen LogP contribution is -2.51. The molecular weight excluding hydrogens is 380 g/mol. The predicted octanol–water partition coefficient (Wildman–Crippen LogP) is 3.14. The van der Waals surface area contributed by atoms with Crippen LogP contribution in [0.1, 0.15) is 16.1 Å². The van der Waals surface area contributed by atoms with Crippen molar-refractivity contribution in [3.63, 3.8) is 0 Å². The topological polar surface area (TPSA) is 81.4 Å². The van der Waals surface area contributed by atoms with Gasteiger partial charge in [-0.3, -0.25) is 9.59 Å². The number of nitrogens with one attached hydrogen (secondary N) is 2. The Morgan fingerprint density at radius 1 is 1.03 bits per heavy atom. The largest absolute Gasteiger partial charge is 0.497 e. The number of aromatic amines is 2. The number of carbonyl (C=O) groups excluding carboxylic acids is 2. The van der Waals surface area contributed by atoms with Crippen LogP contribution >= 0.6 is 0 Å². The van der Waals surface area contributed by atoms with Crippen LogP contribution in [0.4, 0.5) is 0 Å². The van der Waals surface area contributed by atoms with Crippen LogP contribution in [0.3, 0.4) is 0 Å². The van der Waals surface area contributed by atoms with Crippen molar-refractivity contribution in [1.82, 2.24) is 19.8 Å². The van der Waals surface area contributed by atoms with E-state index in [2.05, 4.69) is 22.1 Å². The lowest BCUT2D eigenvalue weighted by Gasteiger charge is -2.34. The predicted molar refractivity (Wildman–Crippen MR) is 114 cm³/mol. The standard InChI is InChI=1S/C23H22N4O3/c1-30-18-4-5-19-17(11-18)12-21(25-19)23(29)27-9-8-26(22(28)14-27)13-15-2-3-16-6-7-24-20(16)10-15/h2-7,10-12,24-25H,8-9,13-14H2,1H3. The zero-order valence-corrected chi connectivity index (χ0v) is 16.6. The van der Waals surface area contributed by atoms with Crippen molar-refractivity contribution in [2.45, 2.75) is 6.54 Å². The van der Waals surface area contributed by atoms with Gasteiger partial charge in [0.1, 0.15) is 18.0 Å². The average molecular weight is 402 g/mol. The number of nitrogens with zero attached hydrogens (tertiary/aromatic N) is 2. The lowest BCUT2D eigenvalue weighted by molar-refractivity contribution is -0.135. The summed E-state index contributed by atoms with van der Waals surface area (Å²) in [5.41, 5.74) is 3.48. The second-order valence-electron chi connectivity index (χ2n) is 7.58. The van der Waals surface area contributed by atoms with E-state index in [-0.39, 0.29) is 18.4 Å². The number of hydrogen-bond donors (Lipinski definition) is 2. The Bertz CT molecular complexity index is 1260. The number of aromatic nitrogens is 2. The monoisotopic (exact) mass is 402 g/mol. The van der Waals surface area contributed by atoms with Crippen LogP contribution in [-0.2, 0) is 11.3 Å². The van der Waals surface area contributed by atoms with Crippen molar-refractivity contribution in [2.24, 2.45) is 0 Å². The van der Waals surface area contributed by atoms with Gasteiger partial charge >= 0.3 is 0 Å². The molecule has 2 aromatic carbocycles. The molecule has 0 aliphatic carbocycles. The maximum absolute atomic E-state index is 12.9. The van der Waals surface area contributed by atoms with Crippen LogP contribution in [0.2, 0.25) is 0 Å². The van der Waals surface area contributed by atoms with Gasteiger partial charge in [-0.15, -0.1) is 0 Å². The fourth-order valence-electron chi connectivity index (χ4n) is 3.99. The summed E-state index contributed by atoms with van der Waals surface area (Å²) in [6.45, 7) is 1.65. The highest BCUT2D eigenvalue weighted by molar-refractivity contribution is 6.00. The summed E-state index contributed by atoms with van der Waals surface area (Å²) in [5, 5.41) is 2.05. The summed E-state index contributed by atoms with van der Waals surface area (Å²) in [4.78, 5) is 35.4. The number of amides is 2. The maximum atomic E-state index is 12.9. The molecular formula is C23H22N4O3. The first-order chi connectivity index (χ1) is 14.6. The molecule has 2 aromatic heterocycles. The van der Waals surface area contributed by atoms with Gasteiger partial charge < -0.3 is 24.5 Å². The molecule has 152 valence electrons. The first-order valence-electron chi connectivity index (χ1n) is 9.90. The van der Waals surface area contributed by atoms with Gasteiger partial charge in [0, 0.05) is 42.3 Å². The Morgan fingerprint density at radius 2 is 1.93 bits per heavy atom. The third-order valence-corrected chi connectivity index (χ3v) is 5.66.